The van der Waals surface area contributed by atoms with E-state index in [9.17, 15) is 4.79 Å². The summed E-state index contributed by atoms with van der Waals surface area (Å²) in [5.41, 5.74) is 1.73. The van der Waals surface area contributed by atoms with Gasteiger partial charge in [0.25, 0.3) is 5.91 Å². The lowest BCUT2D eigenvalue weighted by molar-refractivity contribution is 0.0886. The highest BCUT2D eigenvalue weighted by molar-refractivity contribution is 5.97. The zero-order chi connectivity index (χ0) is 14.8. The Morgan fingerprint density at radius 1 is 1.50 bits per heavy atom. The van der Waals surface area contributed by atoms with Crippen LogP contribution in [-0.4, -0.2) is 38.2 Å². The van der Waals surface area contributed by atoms with Crippen molar-refractivity contribution in [2.75, 3.05) is 6.61 Å². The number of carbonyl (C=O) groups excluding carboxylic acids is 1. The van der Waals surface area contributed by atoms with Gasteiger partial charge in [0.2, 0.25) is 0 Å². The summed E-state index contributed by atoms with van der Waals surface area (Å²) in [6.45, 7) is 3.97. The summed E-state index contributed by atoms with van der Waals surface area (Å²) < 4.78 is 1.67. The molecule has 0 radical (unpaired) electrons. The first kappa shape index (κ1) is 14.5. The summed E-state index contributed by atoms with van der Waals surface area (Å²) in [6.07, 6.45) is 1.29. The van der Waals surface area contributed by atoms with Crippen molar-refractivity contribution in [2.24, 2.45) is 7.05 Å². The number of benzene rings is 1. The molecule has 0 aliphatic carbocycles. The largest absolute Gasteiger partial charge is 0.396 e. The van der Waals surface area contributed by atoms with Crippen LogP contribution in [0, 0.1) is 0 Å². The number of aromatic nitrogens is 3. The topological polar surface area (TPSA) is 80.0 Å². The molecule has 108 valence electrons. The molecule has 1 atom stereocenters. The first-order valence-electron chi connectivity index (χ1n) is 6.72. The van der Waals surface area contributed by atoms with Gasteiger partial charge in [0.1, 0.15) is 5.52 Å². The third-order valence-electron chi connectivity index (χ3n) is 3.73. The molecule has 0 aliphatic heterocycles. The van der Waals surface area contributed by atoms with E-state index in [-0.39, 0.29) is 12.5 Å². The highest BCUT2D eigenvalue weighted by atomic mass is 16.3. The number of carbonyl (C=O) groups is 1. The Bertz CT molecular complexity index is 623. The second-order valence-electron chi connectivity index (χ2n) is 5.26. The maximum absolute atomic E-state index is 12.3. The standard InChI is InChI=1S/C14H20N4O2/c1-4-14(2,7-8-19)15-13(20)10-5-6-12-11(9-10)16-17-18(12)3/h5-6,9,19H,4,7-8H2,1-3H3,(H,15,20). The number of nitrogens with one attached hydrogen (secondary N) is 1. The maximum atomic E-state index is 12.3. The van der Waals surface area contributed by atoms with E-state index in [4.69, 9.17) is 5.11 Å². The molecule has 0 saturated heterocycles. The van der Waals surface area contributed by atoms with Crippen LogP contribution in [0.25, 0.3) is 11.0 Å². The van der Waals surface area contributed by atoms with Crippen LogP contribution in [0.4, 0.5) is 0 Å². The molecule has 0 aliphatic rings. The molecule has 1 aromatic heterocycles. The Morgan fingerprint density at radius 2 is 2.25 bits per heavy atom. The second-order valence-corrected chi connectivity index (χ2v) is 5.26. The van der Waals surface area contributed by atoms with E-state index < -0.39 is 5.54 Å². The van der Waals surface area contributed by atoms with Crippen LogP contribution >= 0.6 is 0 Å². The van der Waals surface area contributed by atoms with Gasteiger partial charge >= 0.3 is 0 Å². The summed E-state index contributed by atoms with van der Waals surface area (Å²) >= 11 is 0. The Kier molecular flexibility index (Phi) is 4.04. The van der Waals surface area contributed by atoms with Crippen molar-refractivity contribution in [3.05, 3.63) is 23.8 Å². The van der Waals surface area contributed by atoms with E-state index in [2.05, 4.69) is 15.6 Å². The van der Waals surface area contributed by atoms with Crippen LogP contribution in [0.15, 0.2) is 18.2 Å². The van der Waals surface area contributed by atoms with Crippen molar-refractivity contribution < 1.29 is 9.90 Å². The lowest BCUT2D eigenvalue weighted by Crippen LogP contribution is -2.46. The summed E-state index contributed by atoms with van der Waals surface area (Å²) in [5.74, 6) is -0.157. The number of aliphatic hydroxyl groups is 1. The molecule has 0 fully saturated rings. The fourth-order valence-corrected chi connectivity index (χ4v) is 2.10. The molecule has 2 N–H and O–H groups in total. The van der Waals surface area contributed by atoms with Crippen LogP contribution in [0.2, 0.25) is 0 Å². The number of aliphatic hydroxyl groups excluding tert-OH is 1. The van der Waals surface area contributed by atoms with Crippen molar-refractivity contribution in [1.29, 1.82) is 0 Å². The zero-order valence-electron chi connectivity index (χ0n) is 12.1. The Labute approximate surface area is 117 Å². The summed E-state index contributed by atoms with van der Waals surface area (Å²) in [5, 5.41) is 20.0. The van der Waals surface area contributed by atoms with Gasteiger partial charge in [0.05, 0.1) is 5.52 Å². The van der Waals surface area contributed by atoms with Crippen molar-refractivity contribution >= 4 is 16.9 Å². The Hall–Kier alpha value is -1.95. The average molecular weight is 276 g/mol. The highest BCUT2D eigenvalue weighted by Gasteiger charge is 2.24. The van der Waals surface area contributed by atoms with Crippen molar-refractivity contribution in [1.82, 2.24) is 20.3 Å². The van der Waals surface area contributed by atoms with Crippen LogP contribution in [-0.2, 0) is 7.05 Å². The van der Waals surface area contributed by atoms with E-state index >= 15 is 0 Å². The molecule has 2 rings (SSSR count). The first-order valence-corrected chi connectivity index (χ1v) is 6.72. The van der Waals surface area contributed by atoms with Crippen LogP contribution in [0.5, 0.6) is 0 Å². The smallest absolute Gasteiger partial charge is 0.251 e. The number of rotatable bonds is 5. The molecule has 1 unspecified atom stereocenters. The van der Waals surface area contributed by atoms with Gasteiger partial charge < -0.3 is 10.4 Å². The molecule has 1 heterocycles. The minimum Gasteiger partial charge on any atom is -0.396 e. The number of hydrogen-bond acceptors (Lipinski definition) is 4. The fourth-order valence-electron chi connectivity index (χ4n) is 2.10. The van der Waals surface area contributed by atoms with Gasteiger partial charge in [-0.25, -0.2) is 4.68 Å². The normalized spacial score (nSPS) is 14.2. The summed E-state index contributed by atoms with van der Waals surface area (Å²) in [4.78, 5) is 12.3. The van der Waals surface area contributed by atoms with Crippen molar-refractivity contribution in [2.45, 2.75) is 32.2 Å². The molecule has 0 saturated carbocycles. The van der Waals surface area contributed by atoms with Gasteiger partial charge in [0, 0.05) is 24.8 Å². The molecule has 6 heteroatoms. The third-order valence-corrected chi connectivity index (χ3v) is 3.73. The number of fused-ring (bicyclic) bond motifs is 1. The van der Waals surface area contributed by atoms with Gasteiger partial charge in [-0.05, 0) is 38.0 Å². The lowest BCUT2D eigenvalue weighted by Gasteiger charge is -2.29. The van der Waals surface area contributed by atoms with Gasteiger partial charge in [-0.1, -0.05) is 12.1 Å². The van der Waals surface area contributed by atoms with Crippen molar-refractivity contribution in [3.63, 3.8) is 0 Å². The van der Waals surface area contributed by atoms with E-state index in [1.165, 1.54) is 0 Å². The van der Waals surface area contributed by atoms with Crippen LogP contribution in [0.3, 0.4) is 0 Å². The minimum absolute atomic E-state index is 0.0494. The number of amides is 1. The van der Waals surface area contributed by atoms with E-state index in [0.717, 1.165) is 11.9 Å². The van der Waals surface area contributed by atoms with Gasteiger partial charge in [-0.15, -0.1) is 5.10 Å². The maximum Gasteiger partial charge on any atom is 0.251 e. The molecule has 6 nitrogen and oxygen atoms in total. The van der Waals surface area contributed by atoms with Gasteiger partial charge in [-0.2, -0.15) is 0 Å². The van der Waals surface area contributed by atoms with E-state index in [1.807, 2.05) is 27.0 Å². The van der Waals surface area contributed by atoms with E-state index in [0.29, 0.717) is 17.5 Å². The predicted molar refractivity (Wildman–Crippen MR) is 76.4 cm³/mol. The van der Waals surface area contributed by atoms with Gasteiger partial charge in [-0.3, -0.25) is 4.79 Å². The SMILES string of the molecule is CCC(C)(CCO)NC(=O)c1ccc2c(c1)nnn2C. The fraction of sp³-hybridized carbons (Fsp3) is 0.500. The zero-order valence-corrected chi connectivity index (χ0v) is 12.1. The molecular formula is C14H20N4O2. The molecule has 0 bridgehead atoms. The number of nitrogens with zero attached hydrogens (tertiary/aromatic N) is 3. The summed E-state index contributed by atoms with van der Waals surface area (Å²) in [7, 11) is 1.81. The minimum atomic E-state index is -0.400. The number of aryl methyl sites for hydroxylation is 1. The average Bonchev–Trinajstić information content (AvgIpc) is 2.80. The predicted octanol–water partition coefficient (Wildman–Crippen LogP) is 1.25. The second kappa shape index (κ2) is 5.58. The molecule has 1 aromatic carbocycles. The van der Waals surface area contributed by atoms with E-state index in [1.54, 1.807) is 16.8 Å². The van der Waals surface area contributed by atoms with Gasteiger partial charge in [0.15, 0.2) is 0 Å². The van der Waals surface area contributed by atoms with Crippen molar-refractivity contribution in [3.8, 4) is 0 Å². The first-order chi connectivity index (χ1) is 9.49. The quantitative estimate of drug-likeness (QED) is 0.861. The third kappa shape index (κ3) is 2.80. The highest BCUT2D eigenvalue weighted by Crippen LogP contribution is 2.17. The lowest BCUT2D eigenvalue weighted by atomic mass is 9.94. The molecule has 2 aromatic rings. The molecule has 20 heavy (non-hydrogen) atoms. The summed E-state index contributed by atoms with van der Waals surface area (Å²) in [6, 6.07) is 5.32. The Balaban J connectivity index is 2.22. The van der Waals surface area contributed by atoms with Crippen LogP contribution in [0.1, 0.15) is 37.0 Å². The molecule has 0 spiro atoms. The van der Waals surface area contributed by atoms with Crippen LogP contribution < -0.4 is 5.32 Å². The Morgan fingerprint density at radius 3 is 2.90 bits per heavy atom. The molecule has 1 amide bonds. The monoisotopic (exact) mass is 276 g/mol. The number of hydrogen-bond donors (Lipinski definition) is 2. The molecular weight excluding hydrogens is 256 g/mol.